The van der Waals surface area contributed by atoms with Crippen LogP contribution in [0.2, 0.25) is 0 Å². The highest BCUT2D eigenvalue weighted by Crippen LogP contribution is 2.17. The monoisotopic (exact) mass is 278 g/mol. The predicted molar refractivity (Wildman–Crippen MR) is 80.5 cm³/mol. The van der Waals surface area contributed by atoms with Crippen molar-refractivity contribution in [2.75, 3.05) is 0 Å². The van der Waals surface area contributed by atoms with E-state index in [4.69, 9.17) is 11.7 Å². The Morgan fingerprint density at radius 2 is 2.24 bits per heavy atom. The zero-order valence-electron chi connectivity index (χ0n) is 11.6. The molecular formula is C16H14N4O. The number of aliphatic imine (C=N–C) groups is 1. The van der Waals surface area contributed by atoms with Crippen LogP contribution in [0.5, 0.6) is 0 Å². The summed E-state index contributed by atoms with van der Waals surface area (Å²) >= 11 is 0. The fourth-order valence-electron chi connectivity index (χ4n) is 2.07. The van der Waals surface area contributed by atoms with Gasteiger partial charge >= 0.3 is 0 Å². The molecule has 5 heteroatoms. The van der Waals surface area contributed by atoms with E-state index in [-0.39, 0.29) is 17.5 Å². The van der Waals surface area contributed by atoms with E-state index in [1.54, 1.807) is 0 Å². The van der Waals surface area contributed by atoms with Gasteiger partial charge in [0.1, 0.15) is 6.07 Å². The summed E-state index contributed by atoms with van der Waals surface area (Å²) in [6.07, 6.45) is 5.59. The fourth-order valence-corrected chi connectivity index (χ4v) is 2.07. The number of hydrogen-bond donors (Lipinski definition) is 1. The number of nitrogens with zero attached hydrogens (tertiary/aromatic N) is 3. The quantitative estimate of drug-likeness (QED) is 0.674. The topological polar surface area (TPSA) is 77.6 Å². The van der Waals surface area contributed by atoms with Gasteiger partial charge in [-0.25, -0.2) is 5.43 Å². The van der Waals surface area contributed by atoms with Gasteiger partial charge in [0.25, 0.3) is 0 Å². The maximum Gasteiger partial charge on any atom is 0.240 e. The van der Waals surface area contributed by atoms with Crippen LogP contribution < -0.4 is 5.43 Å². The molecule has 0 saturated heterocycles. The summed E-state index contributed by atoms with van der Waals surface area (Å²) in [4.78, 5) is 15.3. The van der Waals surface area contributed by atoms with Crippen LogP contribution in [0.4, 0.5) is 0 Å². The first-order valence-electron chi connectivity index (χ1n) is 6.51. The lowest BCUT2D eigenvalue weighted by Gasteiger charge is -2.19. The lowest BCUT2D eigenvalue weighted by Crippen LogP contribution is -2.31. The zero-order chi connectivity index (χ0) is 15.2. The van der Waals surface area contributed by atoms with E-state index in [9.17, 15) is 4.79 Å². The van der Waals surface area contributed by atoms with Gasteiger partial charge in [-0.2, -0.15) is 10.4 Å². The molecule has 0 saturated carbocycles. The van der Waals surface area contributed by atoms with E-state index < -0.39 is 0 Å². The second-order valence-electron chi connectivity index (χ2n) is 4.76. The lowest BCUT2D eigenvalue weighted by molar-refractivity contribution is -0.121. The van der Waals surface area contributed by atoms with Crippen LogP contribution in [0.3, 0.4) is 0 Å². The number of nitrogens with one attached hydrogen (secondary N) is 1. The summed E-state index contributed by atoms with van der Waals surface area (Å²) in [7, 11) is 0. The minimum absolute atomic E-state index is 0.0597. The maximum atomic E-state index is 11.2. The Hall–Kier alpha value is -2.92. The molecule has 1 amide bonds. The summed E-state index contributed by atoms with van der Waals surface area (Å²) in [6, 6.07) is 9.54. The molecule has 0 aliphatic carbocycles. The molecule has 0 radical (unpaired) electrons. The molecule has 1 heterocycles. The molecule has 0 aromatic heterocycles. The Balaban J connectivity index is 2.13. The SMILES string of the molecule is C#CC(C#N)=NCc1ccc(C2=NNC(=O)C[C@H]2C)cc1. The molecule has 0 fully saturated rings. The summed E-state index contributed by atoms with van der Waals surface area (Å²) in [6.45, 7) is 2.34. The second kappa shape index (κ2) is 6.49. The van der Waals surface area contributed by atoms with E-state index in [0.29, 0.717) is 13.0 Å². The summed E-state index contributed by atoms with van der Waals surface area (Å²) < 4.78 is 0. The molecule has 1 aromatic carbocycles. The van der Waals surface area contributed by atoms with Crippen LogP contribution >= 0.6 is 0 Å². The molecule has 21 heavy (non-hydrogen) atoms. The van der Waals surface area contributed by atoms with Crippen molar-refractivity contribution in [1.82, 2.24) is 5.43 Å². The largest absolute Gasteiger partial charge is 0.273 e. The minimum Gasteiger partial charge on any atom is -0.273 e. The summed E-state index contributed by atoms with van der Waals surface area (Å²) in [5, 5.41) is 12.8. The molecule has 1 aromatic rings. The number of carbonyl (C=O) groups is 1. The Labute approximate surface area is 123 Å². The minimum atomic E-state index is -0.0597. The van der Waals surface area contributed by atoms with Crippen LogP contribution in [0.15, 0.2) is 34.4 Å². The van der Waals surface area contributed by atoms with Crippen molar-refractivity contribution in [2.24, 2.45) is 16.0 Å². The molecule has 104 valence electrons. The van der Waals surface area contributed by atoms with Crippen LogP contribution in [-0.4, -0.2) is 17.3 Å². The fraction of sp³-hybridized carbons (Fsp3) is 0.250. The molecule has 5 nitrogen and oxygen atoms in total. The molecular weight excluding hydrogens is 264 g/mol. The van der Waals surface area contributed by atoms with E-state index in [0.717, 1.165) is 16.8 Å². The van der Waals surface area contributed by atoms with Crippen LogP contribution in [0, 0.1) is 29.6 Å². The molecule has 2 rings (SSSR count). The third-order valence-electron chi connectivity index (χ3n) is 3.17. The van der Waals surface area contributed by atoms with Crippen molar-refractivity contribution in [1.29, 1.82) is 5.26 Å². The first kappa shape index (κ1) is 14.5. The molecule has 0 unspecified atom stereocenters. The van der Waals surface area contributed by atoms with Gasteiger partial charge in [0, 0.05) is 12.3 Å². The second-order valence-corrected chi connectivity index (χ2v) is 4.76. The van der Waals surface area contributed by atoms with Crippen LogP contribution in [0.25, 0.3) is 0 Å². The Morgan fingerprint density at radius 3 is 2.81 bits per heavy atom. The predicted octanol–water partition coefficient (Wildman–Crippen LogP) is 1.64. The van der Waals surface area contributed by atoms with Gasteiger partial charge in [0.05, 0.1) is 12.3 Å². The van der Waals surface area contributed by atoms with Crippen molar-refractivity contribution in [3.8, 4) is 18.4 Å². The van der Waals surface area contributed by atoms with Gasteiger partial charge in [-0.1, -0.05) is 31.2 Å². The number of nitriles is 1. The van der Waals surface area contributed by atoms with Crippen LogP contribution in [0.1, 0.15) is 24.5 Å². The Kier molecular flexibility index (Phi) is 4.48. The molecule has 1 aliphatic rings. The number of terminal acetylenes is 1. The average Bonchev–Trinajstić information content (AvgIpc) is 2.49. The zero-order valence-corrected chi connectivity index (χ0v) is 11.6. The van der Waals surface area contributed by atoms with Crippen molar-refractivity contribution < 1.29 is 4.79 Å². The van der Waals surface area contributed by atoms with Gasteiger partial charge in [-0.05, 0) is 17.0 Å². The molecule has 1 aliphatic heterocycles. The molecule has 1 atom stereocenters. The van der Waals surface area contributed by atoms with E-state index in [2.05, 4.69) is 21.4 Å². The average molecular weight is 278 g/mol. The van der Waals surface area contributed by atoms with Gasteiger partial charge in [0.15, 0.2) is 5.71 Å². The third-order valence-corrected chi connectivity index (χ3v) is 3.17. The van der Waals surface area contributed by atoms with Gasteiger partial charge in [-0.3, -0.25) is 9.79 Å². The lowest BCUT2D eigenvalue weighted by atomic mass is 9.93. The number of benzene rings is 1. The summed E-state index contributed by atoms with van der Waals surface area (Å²) in [5.41, 5.74) is 5.38. The number of hydrazone groups is 1. The first-order valence-corrected chi connectivity index (χ1v) is 6.51. The Morgan fingerprint density at radius 1 is 1.52 bits per heavy atom. The summed E-state index contributed by atoms with van der Waals surface area (Å²) in [5.74, 6) is 2.26. The highest BCUT2D eigenvalue weighted by Gasteiger charge is 2.21. The molecule has 1 N–H and O–H groups in total. The standard InChI is InChI=1S/C16H14N4O/c1-3-14(9-17)18-10-12-4-6-13(7-5-12)16-11(2)8-15(21)19-20-16/h1,4-7,11H,8,10H2,2H3,(H,19,21)/t11-/m1/s1. The molecule has 0 spiro atoms. The third kappa shape index (κ3) is 3.55. The van der Waals surface area contributed by atoms with Crippen molar-refractivity contribution >= 4 is 17.3 Å². The van der Waals surface area contributed by atoms with Gasteiger partial charge in [0.2, 0.25) is 5.91 Å². The highest BCUT2D eigenvalue weighted by molar-refractivity contribution is 6.11. The van der Waals surface area contributed by atoms with Crippen molar-refractivity contribution in [3.05, 3.63) is 35.4 Å². The number of hydrogen-bond acceptors (Lipinski definition) is 4. The van der Waals surface area contributed by atoms with E-state index in [1.807, 2.05) is 37.3 Å². The first-order chi connectivity index (χ1) is 10.1. The van der Waals surface area contributed by atoms with Crippen LogP contribution in [-0.2, 0) is 11.3 Å². The number of rotatable bonds is 3. The van der Waals surface area contributed by atoms with Gasteiger partial charge < -0.3 is 0 Å². The van der Waals surface area contributed by atoms with E-state index in [1.165, 1.54) is 0 Å². The van der Waals surface area contributed by atoms with E-state index >= 15 is 0 Å². The van der Waals surface area contributed by atoms with Crippen molar-refractivity contribution in [3.63, 3.8) is 0 Å². The van der Waals surface area contributed by atoms with Crippen molar-refractivity contribution in [2.45, 2.75) is 19.9 Å². The van der Waals surface area contributed by atoms with Gasteiger partial charge in [-0.15, -0.1) is 6.42 Å². The highest BCUT2D eigenvalue weighted by atomic mass is 16.2. The molecule has 0 bridgehead atoms. The normalized spacial score (nSPS) is 18.2. The Bertz CT molecular complexity index is 670. The maximum absolute atomic E-state index is 11.2. The number of amides is 1. The smallest absolute Gasteiger partial charge is 0.240 e. The number of carbonyl (C=O) groups excluding carboxylic acids is 1.